The zero-order valence-corrected chi connectivity index (χ0v) is 28.0. The normalized spacial score (nSPS) is 36.7. The van der Waals surface area contributed by atoms with Crippen LogP contribution in [0.5, 0.6) is 0 Å². The molecule has 0 heterocycles. The van der Waals surface area contributed by atoms with Crippen LogP contribution in [-0.4, -0.2) is 18.4 Å². The topological polar surface area (TPSA) is 35.5 Å². The van der Waals surface area contributed by atoms with Gasteiger partial charge in [-0.05, 0) is 151 Å². The van der Waals surface area contributed by atoms with Gasteiger partial charge in [0, 0.05) is 3.57 Å². The molecule has 9 atom stereocenters. The van der Waals surface area contributed by atoms with Crippen LogP contribution in [0.15, 0.2) is 35.9 Å². The van der Waals surface area contributed by atoms with Crippen LogP contribution in [0, 0.1) is 49.9 Å². The van der Waals surface area contributed by atoms with Crippen LogP contribution in [0.3, 0.4) is 0 Å². The molecular formula is C36H53IO3. The van der Waals surface area contributed by atoms with E-state index in [0.29, 0.717) is 16.4 Å². The molecule has 0 amide bonds. The number of hydrogen-bond donors (Lipinski definition) is 0. The van der Waals surface area contributed by atoms with Crippen LogP contribution in [0.1, 0.15) is 123 Å². The van der Waals surface area contributed by atoms with E-state index in [1.165, 1.54) is 57.8 Å². The van der Waals surface area contributed by atoms with Crippen molar-refractivity contribution in [2.45, 2.75) is 125 Å². The summed E-state index contributed by atoms with van der Waals surface area (Å²) in [6, 6.07) is 7.51. The average Bonchev–Trinajstić information content (AvgIpc) is 3.26. The molecule has 40 heavy (non-hydrogen) atoms. The van der Waals surface area contributed by atoms with E-state index < -0.39 is 6.29 Å². The van der Waals surface area contributed by atoms with Crippen LogP contribution in [0.25, 0.3) is 0 Å². The summed E-state index contributed by atoms with van der Waals surface area (Å²) in [6.45, 7) is 14.4. The number of allylic oxidation sites excluding steroid dienone is 1. The van der Waals surface area contributed by atoms with Crippen LogP contribution < -0.4 is 0 Å². The van der Waals surface area contributed by atoms with E-state index in [2.05, 4.69) is 63.3 Å². The Hall–Kier alpha value is -0.880. The Labute approximate surface area is 257 Å². The monoisotopic (exact) mass is 660 g/mol. The van der Waals surface area contributed by atoms with Crippen molar-refractivity contribution in [3.05, 3.63) is 45.0 Å². The molecule has 0 aromatic heterocycles. The summed E-state index contributed by atoms with van der Waals surface area (Å²) in [4.78, 5) is 12.6. The van der Waals surface area contributed by atoms with Crippen LogP contribution in [-0.2, 0) is 9.47 Å². The summed E-state index contributed by atoms with van der Waals surface area (Å²) >= 11 is 2.24. The Morgan fingerprint density at radius 3 is 2.45 bits per heavy atom. The molecule has 3 fully saturated rings. The van der Waals surface area contributed by atoms with Gasteiger partial charge < -0.3 is 9.47 Å². The fourth-order valence-corrected chi connectivity index (χ4v) is 10.2. The Morgan fingerprint density at radius 2 is 1.73 bits per heavy atom. The molecule has 4 aliphatic rings. The van der Waals surface area contributed by atoms with E-state index in [-0.39, 0.29) is 12.1 Å². The molecule has 0 N–H and O–H groups in total. The number of rotatable bonds is 9. The summed E-state index contributed by atoms with van der Waals surface area (Å²) in [5, 5.41) is 0. The lowest BCUT2D eigenvalue weighted by Gasteiger charge is -2.58. The van der Waals surface area contributed by atoms with Gasteiger partial charge in [-0.15, -0.1) is 0 Å². The number of ether oxygens (including phenoxy) is 2. The minimum atomic E-state index is -0.536. The molecule has 1 aromatic carbocycles. The predicted molar refractivity (Wildman–Crippen MR) is 172 cm³/mol. The van der Waals surface area contributed by atoms with Gasteiger partial charge in [-0.1, -0.05) is 65.5 Å². The fraction of sp³-hybridized carbons (Fsp3) is 0.750. The first kappa shape index (κ1) is 30.6. The van der Waals surface area contributed by atoms with Gasteiger partial charge in [0.2, 0.25) is 6.29 Å². The molecule has 0 bridgehead atoms. The van der Waals surface area contributed by atoms with Crippen molar-refractivity contribution in [2.24, 2.45) is 46.3 Å². The molecule has 0 aliphatic heterocycles. The maximum atomic E-state index is 12.6. The largest absolute Gasteiger partial charge is 0.432 e. The van der Waals surface area contributed by atoms with Crippen molar-refractivity contribution in [1.29, 1.82) is 0 Å². The van der Waals surface area contributed by atoms with E-state index in [1.807, 2.05) is 31.2 Å². The highest BCUT2D eigenvalue weighted by Gasteiger charge is 2.59. The maximum absolute atomic E-state index is 12.6. The first-order chi connectivity index (χ1) is 19.0. The van der Waals surface area contributed by atoms with Gasteiger partial charge in [-0.2, -0.15) is 0 Å². The predicted octanol–water partition coefficient (Wildman–Crippen LogP) is 10.2. The first-order valence-electron chi connectivity index (χ1n) is 16.3. The van der Waals surface area contributed by atoms with Gasteiger partial charge in [0.15, 0.2) is 0 Å². The zero-order valence-electron chi connectivity index (χ0n) is 25.9. The molecule has 3 saturated carbocycles. The van der Waals surface area contributed by atoms with Gasteiger partial charge in [0.25, 0.3) is 0 Å². The summed E-state index contributed by atoms with van der Waals surface area (Å²) < 4.78 is 13.1. The summed E-state index contributed by atoms with van der Waals surface area (Å²) in [5.41, 5.74) is 3.06. The van der Waals surface area contributed by atoms with Crippen molar-refractivity contribution < 1.29 is 14.3 Å². The SMILES string of the molecule is CC(C)CCC[C@@H](C)[C@H]1CCC2C3CC=C4C[C@@H](OC(C)OC(=O)c5ccc(I)cc5)CC[C@]4(C)C3CC[C@@]21C. The van der Waals surface area contributed by atoms with Crippen LogP contribution in [0.2, 0.25) is 0 Å². The Balaban J connectivity index is 1.19. The van der Waals surface area contributed by atoms with E-state index in [0.717, 1.165) is 51.9 Å². The molecular weight excluding hydrogens is 607 g/mol. The minimum absolute atomic E-state index is 0.131. The summed E-state index contributed by atoms with van der Waals surface area (Å²) in [6.07, 6.45) is 16.6. The van der Waals surface area contributed by atoms with Crippen LogP contribution in [0.4, 0.5) is 0 Å². The first-order valence-corrected chi connectivity index (χ1v) is 17.4. The molecule has 5 rings (SSSR count). The van der Waals surface area contributed by atoms with E-state index in [9.17, 15) is 4.79 Å². The number of fused-ring (bicyclic) bond motifs is 5. The number of halogens is 1. The van der Waals surface area contributed by atoms with Gasteiger partial charge in [0.1, 0.15) is 0 Å². The van der Waals surface area contributed by atoms with Crippen molar-refractivity contribution >= 4 is 28.6 Å². The van der Waals surface area contributed by atoms with Gasteiger partial charge in [-0.25, -0.2) is 4.79 Å². The third kappa shape index (κ3) is 6.10. The lowest BCUT2D eigenvalue weighted by molar-refractivity contribution is -0.143. The molecule has 0 radical (unpaired) electrons. The fourth-order valence-electron chi connectivity index (χ4n) is 9.87. The quantitative estimate of drug-likeness (QED) is 0.114. The molecule has 1 aromatic rings. The smallest absolute Gasteiger partial charge is 0.340 e. The highest BCUT2D eigenvalue weighted by Crippen LogP contribution is 2.67. The zero-order chi connectivity index (χ0) is 28.7. The maximum Gasteiger partial charge on any atom is 0.340 e. The standard InChI is InChI=1S/C36H53IO3/c1-23(2)8-7-9-24(3)31-16-17-32-30-15-12-27-22-29(18-20-35(27,5)33(30)19-21-36(31,32)6)39-25(4)40-34(38)26-10-13-28(37)14-11-26/h10-14,23-25,29-33H,7-9,15-22H2,1-6H3/t24-,25?,29+,30?,31-,32?,33?,35+,36-/m1/s1. The second-order valence-electron chi connectivity index (χ2n) is 14.8. The minimum Gasteiger partial charge on any atom is -0.432 e. The van der Waals surface area contributed by atoms with Crippen molar-refractivity contribution in [1.82, 2.24) is 0 Å². The van der Waals surface area contributed by atoms with E-state index in [1.54, 1.807) is 5.57 Å². The van der Waals surface area contributed by atoms with Crippen molar-refractivity contribution in [2.75, 3.05) is 0 Å². The lowest BCUT2D eigenvalue weighted by Crippen LogP contribution is -2.51. The molecule has 0 spiro atoms. The average molecular weight is 661 g/mol. The second-order valence-corrected chi connectivity index (χ2v) is 16.0. The van der Waals surface area contributed by atoms with Gasteiger partial charge in [-0.3, -0.25) is 0 Å². The number of carbonyl (C=O) groups excluding carboxylic acids is 1. The molecule has 0 saturated heterocycles. The number of esters is 1. The van der Waals surface area contributed by atoms with Crippen LogP contribution >= 0.6 is 22.6 Å². The number of hydrogen-bond acceptors (Lipinski definition) is 3. The third-order valence-corrected chi connectivity index (χ3v) is 12.7. The highest BCUT2D eigenvalue weighted by molar-refractivity contribution is 14.1. The summed E-state index contributed by atoms with van der Waals surface area (Å²) in [7, 11) is 0. The van der Waals surface area contributed by atoms with E-state index in [4.69, 9.17) is 9.47 Å². The van der Waals surface area contributed by atoms with E-state index >= 15 is 0 Å². The van der Waals surface area contributed by atoms with Crippen molar-refractivity contribution in [3.63, 3.8) is 0 Å². The Kier molecular flexibility index (Phi) is 9.47. The van der Waals surface area contributed by atoms with Gasteiger partial charge >= 0.3 is 5.97 Å². The second kappa shape index (κ2) is 12.4. The Morgan fingerprint density at radius 1 is 0.975 bits per heavy atom. The Bertz CT molecular complexity index is 1060. The lowest BCUT2D eigenvalue weighted by atomic mass is 9.47. The molecule has 4 unspecified atom stereocenters. The molecule has 222 valence electrons. The third-order valence-electron chi connectivity index (χ3n) is 12.0. The number of carbonyl (C=O) groups is 1. The number of benzene rings is 1. The molecule has 4 aliphatic carbocycles. The van der Waals surface area contributed by atoms with Crippen molar-refractivity contribution in [3.8, 4) is 0 Å². The molecule has 3 nitrogen and oxygen atoms in total. The highest BCUT2D eigenvalue weighted by atomic mass is 127. The summed E-state index contributed by atoms with van der Waals surface area (Å²) in [5.74, 6) is 4.87. The van der Waals surface area contributed by atoms with Gasteiger partial charge in [0.05, 0.1) is 11.7 Å². The molecule has 4 heteroatoms.